The van der Waals surface area contributed by atoms with Crippen molar-refractivity contribution in [2.75, 3.05) is 6.61 Å². The average Bonchev–Trinajstić information content (AvgIpc) is 2.37. The fraction of sp³-hybridized carbons (Fsp3) is 0.533. The van der Waals surface area contributed by atoms with Crippen LogP contribution in [0, 0.1) is 0 Å². The molecule has 106 valence electrons. The average molecular weight is 266 g/mol. The van der Waals surface area contributed by atoms with E-state index in [4.69, 9.17) is 9.84 Å². The molecular formula is C15H22O4. The lowest BCUT2D eigenvalue weighted by molar-refractivity contribution is -0.150. The predicted octanol–water partition coefficient (Wildman–Crippen LogP) is 2.98. The molecule has 4 nitrogen and oxygen atoms in total. The van der Waals surface area contributed by atoms with Crippen LogP contribution in [0.15, 0.2) is 24.3 Å². The normalized spacial score (nSPS) is 12.3. The third-order valence-electron chi connectivity index (χ3n) is 2.92. The summed E-state index contributed by atoms with van der Waals surface area (Å²) in [5.41, 5.74) is 0.765. The monoisotopic (exact) mass is 266 g/mol. The number of hydrogen-bond acceptors (Lipinski definition) is 3. The fourth-order valence-electron chi connectivity index (χ4n) is 1.87. The van der Waals surface area contributed by atoms with Gasteiger partial charge >= 0.3 is 5.97 Å². The number of rotatable bonds is 9. The summed E-state index contributed by atoms with van der Waals surface area (Å²) >= 11 is 0. The molecule has 1 rings (SSSR count). The summed E-state index contributed by atoms with van der Waals surface area (Å²) in [5, 5.41) is 18.5. The van der Waals surface area contributed by atoms with E-state index in [1.807, 2.05) is 0 Å². The van der Waals surface area contributed by atoms with Crippen LogP contribution in [0.1, 0.15) is 38.2 Å². The smallest absolute Gasteiger partial charge is 0.333 e. The van der Waals surface area contributed by atoms with Crippen LogP contribution in [0.3, 0.4) is 0 Å². The Balaban J connectivity index is 2.42. The first-order chi connectivity index (χ1) is 9.13. The number of aliphatic carboxylic acids is 1. The highest BCUT2D eigenvalue weighted by Crippen LogP contribution is 2.14. The van der Waals surface area contributed by atoms with E-state index in [1.165, 1.54) is 0 Å². The van der Waals surface area contributed by atoms with Crippen molar-refractivity contribution in [3.8, 4) is 5.75 Å². The van der Waals surface area contributed by atoms with Crippen LogP contribution in [0.2, 0.25) is 0 Å². The molecule has 0 spiro atoms. The lowest BCUT2D eigenvalue weighted by atomic mass is 10.1. The van der Waals surface area contributed by atoms with Gasteiger partial charge in [-0.3, -0.25) is 0 Å². The van der Waals surface area contributed by atoms with Gasteiger partial charge < -0.3 is 14.9 Å². The van der Waals surface area contributed by atoms with Gasteiger partial charge in [0.2, 0.25) is 0 Å². The van der Waals surface area contributed by atoms with E-state index in [9.17, 15) is 9.90 Å². The molecule has 1 atom stereocenters. The van der Waals surface area contributed by atoms with Gasteiger partial charge in [-0.05, 0) is 24.1 Å². The largest absolute Gasteiger partial charge is 0.508 e. The minimum atomic E-state index is -0.959. The number of phenolic OH excluding ortho intramolecular Hbond substituents is 1. The number of phenols is 1. The van der Waals surface area contributed by atoms with E-state index in [1.54, 1.807) is 24.3 Å². The SMILES string of the molecule is CCCCCCO[C@H](Cc1cccc(O)c1)C(=O)O. The summed E-state index contributed by atoms with van der Waals surface area (Å²) in [7, 11) is 0. The number of carboxylic acid groups (broad SMARTS) is 1. The Kier molecular flexibility index (Phi) is 6.97. The van der Waals surface area contributed by atoms with E-state index < -0.39 is 12.1 Å². The maximum absolute atomic E-state index is 11.1. The second-order valence-electron chi connectivity index (χ2n) is 4.63. The van der Waals surface area contributed by atoms with Crippen molar-refractivity contribution in [2.45, 2.75) is 45.1 Å². The lowest BCUT2D eigenvalue weighted by Gasteiger charge is -2.13. The first-order valence-corrected chi connectivity index (χ1v) is 6.75. The molecule has 0 radical (unpaired) electrons. The van der Waals surface area contributed by atoms with E-state index in [0.29, 0.717) is 6.61 Å². The number of hydrogen-bond donors (Lipinski definition) is 2. The summed E-state index contributed by atoms with van der Waals surface area (Å²) < 4.78 is 5.41. The first-order valence-electron chi connectivity index (χ1n) is 6.75. The van der Waals surface area contributed by atoms with Crippen molar-refractivity contribution in [1.29, 1.82) is 0 Å². The molecule has 1 aromatic carbocycles. The van der Waals surface area contributed by atoms with Gasteiger partial charge in [0.25, 0.3) is 0 Å². The molecule has 0 amide bonds. The molecule has 19 heavy (non-hydrogen) atoms. The summed E-state index contributed by atoms with van der Waals surface area (Å²) in [6, 6.07) is 6.61. The number of carboxylic acids is 1. The third kappa shape index (κ3) is 6.25. The Hall–Kier alpha value is -1.55. The van der Waals surface area contributed by atoms with Gasteiger partial charge in [-0.25, -0.2) is 4.79 Å². The van der Waals surface area contributed by atoms with Gasteiger partial charge in [0.1, 0.15) is 5.75 Å². The highest BCUT2D eigenvalue weighted by Gasteiger charge is 2.18. The molecule has 1 aromatic rings. The van der Waals surface area contributed by atoms with Crippen molar-refractivity contribution >= 4 is 5.97 Å². The quantitative estimate of drug-likeness (QED) is 0.674. The van der Waals surface area contributed by atoms with Crippen LogP contribution < -0.4 is 0 Å². The van der Waals surface area contributed by atoms with E-state index in [2.05, 4.69) is 6.92 Å². The van der Waals surface area contributed by atoms with Gasteiger partial charge in [-0.1, -0.05) is 38.3 Å². The molecule has 2 N–H and O–H groups in total. The van der Waals surface area contributed by atoms with Crippen LogP contribution in [0.5, 0.6) is 5.75 Å². The van der Waals surface area contributed by atoms with Crippen molar-refractivity contribution in [1.82, 2.24) is 0 Å². The topological polar surface area (TPSA) is 66.8 Å². The number of carbonyl (C=O) groups is 1. The Morgan fingerprint density at radius 1 is 1.32 bits per heavy atom. The molecule has 4 heteroatoms. The van der Waals surface area contributed by atoms with Crippen molar-refractivity contribution in [2.24, 2.45) is 0 Å². The van der Waals surface area contributed by atoms with Gasteiger partial charge in [0.05, 0.1) is 0 Å². The molecule has 0 bridgehead atoms. The second kappa shape index (κ2) is 8.53. The van der Waals surface area contributed by atoms with Crippen molar-refractivity contribution in [3.63, 3.8) is 0 Å². The zero-order valence-corrected chi connectivity index (χ0v) is 11.3. The molecule has 0 aliphatic carbocycles. The number of aromatic hydroxyl groups is 1. The highest BCUT2D eigenvalue weighted by atomic mass is 16.5. The Labute approximate surface area is 114 Å². The lowest BCUT2D eigenvalue weighted by Crippen LogP contribution is -2.26. The third-order valence-corrected chi connectivity index (χ3v) is 2.92. The molecule has 0 heterocycles. The Morgan fingerprint density at radius 3 is 2.74 bits per heavy atom. The van der Waals surface area contributed by atoms with Crippen LogP contribution >= 0.6 is 0 Å². The van der Waals surface area contributed by atoms with E-state index in [-0.39, 0.29) is 12.2 Å². The maximum atomic E-state index is 11.1. The zero-order valence-electron chi connectivity index (χ0n) is 11.3. The minimum absolute atomic E-state index is 0.143. The number of unbranched alkanes of at least 4 members (excludes halogenated alkanes) is 3. The maximum Gasteiger partial charge on any atom is 0.333 e. The molecule has 0 aromatic heterocycles. The van der Waals surface area contributed by atoms with Crippen LogP contribution in [-0.4, -0.2) is 28.9 Å². The van der Waals surface area contributed by atoms with Crippen LogP contribution in [0.4, 0.5) is 0 Å². The van der Waals surface area contributed by atoms with Gasteiger partial charge in [0, 0.05) is 13.0 Å². The number of benzene rings is 1. The first kappa shape index (κ1) is 15.5. The fourth-order valence-corrected chi connectivity index (χ4v) is 1.87. The zero-order chi connectivity index (χ0) is 14.1. The predicted molar refractivity (Wildman–Crippen MR) is 73.3 cm³/mol. The number of ether oxygens (including phenoxy) is 1. The molecule has 0 saturated carbocycles. The van der Waals surface area contributed by atoms with E-state index in [0.717, 1.165) is 31.2 Å². The van der Waals surface area contributed by atoms with Crippen LogP contribution in [0.25, 0.3) is 0 Å². The molecule has 0 saturated heterocycles. The molecular weight excluding hydrogens is 244 g/mol. The molecule has 0 aliphatic heterocycles. The van der Waals surface area contributed by atoms with Gasteiger partial charge in [-0.15, -0.1) is 0 Å². The van der Waals surface area contributed by atoms with Gasteiger partial charge in [0.15, 0.2) is 6.10 Å². The molecule has 0 fully saturated rings. The Morgan fingerprint density at radius 2 is 2.11 bits per heavy atom. The van der Waals surface area contributed by atoms with E-state index >= 15 is 0 Å². The molecule has 0 aliphatic rings. The second-order valence-corrected chi connectivity index (χ2v) is 4.63. The van der Waals surface area contributed by atoms with Crippen molar-refractivity contribution < 1.29 is 19.7 Å². The summed E-state index contributed by atoms with van der Waals surface area (Å²) in [5.74, 6) is -0.816. The van der Waals surface area contributed by atoms with Crippen LogP contribution in [-0.2, 0) is 16.0 Å². The summed E-state index contributed by atoms with van der Waals surface area (Å²) in [4.78, 5) is 11.1. The molecule has 0 unspecified atom stereocenters. The van der Waals surface area contributed by atoms with Crippen molar-refractivity contribution in [3.05, 3.63) is 29.8 Å². The standard InChI is InChI=1S/C15H22O4/c1-2-3-4-5-9-19-14(15(17)18)11-12-7-6-8-13(16)10-12/h6-8,10,14,16H,2-5,9,11H2,1H3,(H,17,18)/t14-/m1/s1. The minimum Gasteiger partial charge on any atom is -0.508 e. The van der Waals surface area contributed by atoms with Gasteiger partial charge in [-0.2, -0.15) is 0 Å². The summed E-state index contributed by atoms with van der Waals surface area (Å²) in [6.45, 7) is 2.60. The Bertz CT molecular complexity index is 389. The summed E-state index contributed by atoms with van der Waals surface area (Å²) in [6.07, 6.45) is 3.67. The highest BCUT2D eigenvalue weighted by molar-refractivity contribution is 5.72.